The molecule has 1 aliphatic heterocycles. The molecule has 4 aliphatic carbocycles. The molecule has 1 heterocycles. The van der Waals surface area contributed by atoms with Crippen molar-refractivity contribution in [1.29, 1.82) is 0 Å². The Morgan fingerprint density at radius 3 is 1.91 bits per heavy atom. The lowest BCUT2D eigenvalue weighted by Gasteiger charge is -2.54. The van der Waals surface area contributed by atoms with Crippen LogP contribution in [0.4, 0.5) is 0 Å². The van der Waals surface area contributed by atoms with Crippen LogP contribution in [0.1, 0.15) is 39.0 Å². The SMILES string of the molecule is CCS(=O)(=O)N1CCN(C(=O)C2C3CC4CC(C3)CC2C4)CC1. The Labute approximate surface area is 139 Å². The molecule has 6 heteroatoms. The molecule has 1 saturated heterocycles. The molecule has 4 saturated carbocycles. The van der Waals surface area contributed by atoms with Gasteiger partial charge in [-0.2, -0.15) is 4.31 Å². The standard InChI is InChI=1S/C17H28N2O3S/c1-2-23(21,22)19-5-3-18(4-6-19)17(20)16-14-8-12-7-13(10-14)11-15(16)9-12/h12-16H,2-11H2,1H3. The normalized spacial score (nSPS) is 40.6. The third kappa shape index (κ3) is 2.72. The van der Waals surface area contributed by atoms with E-state index in [4.69, 9.17) is 0 Å². The molecule has 0 spiro atoms. The van der Waals surface area contributed by atoms with Gasteiger partial charge in [-0.15, -0.1) is 0 Å². The summed E-state index contributed by atoms with van der Waals surface area (Å²) < 4.78 is 25.5. The number of amides is 1. The van der Waals surface area contributed by atoms with Gasteiger partial charge in [0.25, 0.3) is 0 Å². The maximum Gasteiger partial charge on any atom is 0.226 e. The van der Waals surface area contributed by atoms with E-state index in [0.717, 1.165) is 11.8 Å². The Hall–Kier alpha value is -0.620. The Morgan fingerprint density at radius 2 is 1.43 bits per heavy atom. The summed E-state index contributed by atoms with van der Waals surface area (Å²) in [5.41, 5.74) is 0. The molecule has 5 aliphatic rings. The highest BCUT2D eigenvalue weighted by Crippen LogP contribution is 2.56. The number of carbonyl (C=O) groups excluding carboxylic acids is 1. The van der Waals surface area contributed by atoms with Crippen LogP contribution in [0.25, 0.3) is 0 Å². The molecule has 0 N–H and O–H groups in total. The first-order valence-corrected chi connectivity index (χ1v) is 10.9. The number of rotatable bonds is 3. The van der Waals surface area contributed by atoms with Gasteiger partial charge in [-0.1, -0.05) is 0 Å². The van der Waals surface area contributed by atoms with Crippen molar-refractivity contribution in [2.24, 2.45) is 29.6 Å². The second-order valence-electron chi connectivity index (χ2n) is 8.08. The van der Waals surface area contributed by atoms with Crippen molar-refractivity contribution in [3.8, 4) is 0 Å². The lowest BCUT2D eigenvalue weighted by molar-refractivity contribution is -0.150. The van der Waals surface area contributed by atoms with Gasteiger partial charge in [-0.05, 0) is 62.7 Å². The zero-order valence-electron chi connectivity index (χ0n) is 14.0. The summed E-state index contributed by atoms with van der Waals surface area (Å²) in [6.07, 6.45) is 6.43. The van der Waals surface area contributed by atoms with Gasteiger partial charge >= 0.3 is 0 Å². The third-order valence-corrected chi connectivity index (χ3v) is 8.70. The van der Waals surface area contributed by atoms with E-state index in [1.165, 1.54) is 32.1 Å². The Balaban J connectivity index is 1.41. The summed E-state index contributed by atoms with van der Waals surface area (Å²) in [6, 6.07) is 0. The van der Waals surface area contributed by atoms with Gasteiger partial charge in [0, 0.05) is 32.1 Å². The Bertz CT molecular complexity index is 553. The van der Waals surface area contributed by atoms with Gasteiger partial charge in [0.2, 0.25) is 15.9 Å². The number of hydrogen-bond acceptors (Lipinski definition) is 3. The molecule has 0 atom stereocenters. The molecule has 130 valence electrons. The van der Waals surface area contributed by atoms with Crippen molar-refractivity contribution in [3.05, 3.63) is 0 Å². The van der Waals surface area contributed by atoms with Crippen molar-refractivity contribution < 1.29 is 13.2 Å². The highest BCUT2D eigenvalue weighted by molar-refractivity contribution is 7.89. The monoisotopic (exact) mass is 340 g/mol. The lowest BCUT2D eigenvalue weighted by Crippen LogP contribution is -2.56. The van der Waals surface area contributed by atoms with Gasteiger partial charge < -0.3 is 4.90 Å². The maximum absolute atomic E-state index is 13.1. The highest BCUT2D eigenvalue weighted by atomic mass is 32.2. The largest absolute Gasteiger partial charge is 0.340 e. The number of piperazine rings is 1. The summed E-state index contributed by atoms with van der Waals surface area (Å²) in [7, 11) is -3.12. The van der Waals surface area contributed by atoms with Crippen LogP contribution in [-0.4, -0.2) is 55.5 Å². The predicted octanol–water partition coefficient (Wildman–Crippen LogP) is 1.55. The van der Waals surface area contributed by atoms with Crippen LogP contribution < -0.4 is 0 Å². The third-order valence-electron chi connectivity index (χ3n) is 6.82. The van der Waals surface area contributed by atoms with E-state index < -0.39 is 10.0 Å². The number of hydrogen-bond donors (Lipinski definition) is 0. The molecule has 0 aromatic carbocycles. The second kappa shape index (κ2) is 5.73. The van der Waals surface area contributed by atoms with Gasteiger partial charge in [0.1, 0.15) is 0 Å². The molecule has 5 nitrogen and oxygen atoms in total. The van der Waals surface area contributed by atoms with Gasteiger partial charge in [-0.3, -0.25) is 4.79 Å². The van der Waals surface area contributed by atoms with Crippen LogP contribution in [0.3, 0.4) is 0 Å². The van der Waals surface area contributed by atoms with Crippen LogP contribution in [-0.2, 0) is 14.8 Å². The molecular formula is C17H28N2O3S. The van der Waals surface area contributed by atoms with Crippen molar-refractivity contribution in [2.75, 3.05) is 31.9 Å². The molecular weight excluding hydrogens is 312 g/mol. The summed E-state index contributed by atoms with van der Waals surface area (Å²) in [5, 5.41) is 0. The fourth-order valence-electron chi connectivity index (χ4n) is 5.91. The first-order valence-electron chi connectivity index (χ1n) is 9.24. The van der Waals surface area contributed by atoms with E-state index in [2.05, 4.69) is 0 Å². The zero-order valence-corrected chi connectivity index (χ0v) is 14.8. The summed E-state index contributed by atoms with van der Waals surface area (Å²) in [4.78, 5) is 15.0. The minimum absolute atomic E-state index is 0.149. The quantitative estimate of drug-likeness (QED) is 0.783. The van der Waals surface area contributed by atoms with Gasteiger partial charge in [-0.25, -0.2) is 8.42 Å². The molecule has 1 amide bonds. The molecule has 4 bridgehead atoms. The van der Waals surface area contributed by atoms with E-state index in [1.54, 1.807) is 11.2 Å². The fraction of sp³-hybridized carbons (Fsp3) is 0.941. The average molecular weight is 340 g/mol. The Morgan fingerprint density at radius 1 is 0.913 bits per heavy atom. The smallest absolute Gasteiger partial charge is 0.226 e. The molecule has 5 fully saturated rings. The molecule has 0 unspecified atom stereocenters. The molecule has 0 aromatic heterocycles. The van der Waals surface area contributed by atoms with E-state index in [0.29, 0.717) is 43.9 Å². The Kier molecular flexibility index (Phi) is 3.95. The highest BCUT2D eigenvalue weighted by Gasteiger charge is 2.51. The first-order chi connectivity index (χ1) is 11.0. The van der Waals surface area contributed by atoms with E-state index in [9.17, 15) is 13.2 Å². The summed E-state index contributed by atoms with van der Waals surface area (Å²) in [6.45, 7) is 3.76. The van der Waals surface area contributed by atoms with Crippen LogP contribution in [0.5, 0.6) is 0 Å². The van der Waals surface area contributed by atoms with E-state index in [-0.39, 0.29) is 11.7 Å². The first kappa shape index (κ1) is 15.9. The van der Waals surface area contributed by atoms with Crippen molar-refractivity contribution in [2.45, 2.75) is 39.0 Å². The predicted molar refractivity (Wildman–Crippen MR) is 88.1 cm³/mol. The maximum atomic E-state index is 13.1. The number of nitrogens with zero attached hydrogens (tertiary/aromatic N) is 2. The molecule has 5 rings (SSSR count). The lowest BCUT2D eigenvalue weighted by atomic mass is 9.51. The zero-order chi connectivity index (χ0) is 16.2. The van der Waals surface area contributed by atoms with Crippen LogP contribution in [0, 0.1) is 29.6 Å². The fourth-order valence-corrected chi connectivity index (χ4v) is 6.99. The summed E-state index contributed by atoms with van der Waals surface area (Å²) >= 11 is 0. The number of carbonyl (C=O) groups is 1. The molecule has 0 radical (unpaired) electrons. The van der Waals surface area contributed by atoms with Crippen LogP contribution in [0.2, 0.25) is 0 Å². The van der Waals surface area contributed by atoms with Gasteiger partial charge in [0.05, 0.1) is 5.75 Å². The van der Waals surface area contributed by atoms with Crippen LogP contribution in [0.15, 0.2) is 0 Å². The molecule has 23 heavy (non-hydrogen) atoms. The summed E-state index contributed by atoms with van der Waals surface area (Å²) in [5.74, 6) is 3.69. The average Bonchev–Trinajstić information content (AvgIpc) is 2.54. The van der Waals surface area contributed by atoms with Crippen LogP contribution >= 0.6 is 0 Å². The van der Waals surface area contributed by atoms with E-state index >= 15 is 0 Å². The van der Waals surface area contributed by atoms with Crippen molar-refractivity contribution in [1.82, 2.24) is 9.21 Å². The minimum Gasteiger partial charge on any atom is -0.340 e. The minimum atomic E-state index is -3.12. The van der Waals surface area contributed by atoms with E-state index in [1.807, 2.05) is 4.90 Å². The van der Waals surface area contributed by atoms with Gasteiger partial charge in [0.15, 0.2) is 0 Å². The van der Waals surface area contributed by atoms with Crippen molar-refractivity contribution in [3.63, 3.8) is 0 Å². The number of sulfonamides is 1. The second-order valence-corrected chi connectivity index (χ2v) is 10.3. The topological polar surface area (TPSA) is 57.7 Å². The molecule has 0 aromatic rings. The van der Waals surface area contributed by atoms with Crippen molar-refractivity contribution >= 4 is 15.9 Å².